The zero-order valence-electron chi connectivity index (χ0n) is 37.3. The van der Waals surface area contributed by atoms with Crippen LogP contribution in [0.3, 0.4) is 0 Å². The summed E-state index contributed by atoms with van der Waals surface area (Å²) >= 11 is 0. The van der Waals surface area contributed by atoms with Crippen molar-refractivity contribution in [3.05, 3.63) is 114 Å². The first kappa shape index (κ1) is 46.1. The van der Waals surface area contributed by atoms with Gasteiger partial charge in [-0.15, -0.1) is 6.58 Å². The minimum atomic E-state index is -1.43. The van der Waals surface area contributed by atoms with Crippen LogP contribution in [0.1, 0.15) is 80.1 Å². The van der Waals surface area contributed by atoms with Gasteiger partial charge in [0.15, 0.2) is 0 Å². The van der Waals surface area contributed by atoms with E-state index in [4.69, 9.17) is 33.7 Å². The summed E-state index contributed by atoms with van der Waals surface area (Å²) in [5.74, 6) is -0.568. The first-order chi connectivity index (χ1) is 31.2. The third kappa shape index (κ3) is 9.47. The summed E-state index contributed by atoms with van der Waals surface area (Å²) in [6.07, 6.45) is 8.60. The number of fused-ring (bicyclic) bond motifs is 3. The number of rotatable bonds is 20. The maximum absolute atomic E-state index is 15.1. The van der Waals surface area contributed by atoms with Crippen LogP contribution in [-0.4, -0.2) is 92.3 Å². The standard InChI is InChI=1S/C51H61N3O10/c1-6-24-54(49(57)36-19-18-33-14-8-9-15-34(33)28-36)46-32-43(53-61-5)40-29-35(16-10-12-25-55)39(17-11-13-26-56)47-41-30-38(21-23-44(41)64-51(46,48(40)47)62-27-7-2)63-50(58)52-42-22-20-37(59-3)31-45(42)60-4/h7-9,14-15,18-23,28-31,35,39,46-48,55-56H,2,6,10-13,16-17,24-27,32H2,1,3-5H3,(H,52,58). The van der Waals surface area contributed by atoms with Crippen LogP contribution in [-0.2, 0) is 9.57 Å². The van der Waals surface area contributed by atoms with Gasteiger partial charge in [0.25, 0.3) is 5.91 Å². The lowest BCUT2D eigenvalue weighted by atomic mass is 9.55. The minimum absolute atomic E-state index is 0.0145. The third-order valence-electron chi connectivity index (χ3n) is 12.8. The predicted molar refractivity (Wildman–Crippen MR) is 246 cm³/mol. The van der Waals surface area contributed by atoms with E-state index in [2.05, 4.69) is 18.0 Å². The van der Waals surface area contributed by atoms with E-state index in [0.29, 0.717) is 65.8 Å². The molecule has 0 spiro atoms. The van der Waals surface area contributed by atoms with Crippen molar-refractivity contribution >= 4 is 34.2 Å². The van der Waals surface area contributed by atoms with Gasteiger partial charge in [-0.25, -0.2) is 4.79 Å². The van der Waals surface area contributed by atoms with Gasteiger partial charge in [-0.1, -0.05) is 67.4 Å². The van der Waals surface area contributed by atoms with Crippen molar-refractivity contribution in [1.82, 2.24) is 4.90 Å². The molecule has 1 saturated carbocycles. The average Bonchev–Trinajstić information content (AvgIpc) is 3.31. The molecule has 340 valence electrons. The van der Waals surface area contributed by atoms with Crippen LogP contribution in [0.15, 0.2) is 108 Å². The number of carbonyl (C=O) groups excluding carboxylic acids is 2. The van der Waals surface area contributed by atoms with E-state index in [1.165, 1.54) is 14.2 Å². The van der Waals surface area contributed by atoms with Crippen molar-refractivity contribution < 1.29 is 48.3 Å². The van der Waals surface area contributed by atoms with Gasteiger partial charge in [0.2, 0.25) is 5.79 Å². The van der Waals surface area contributed by atoms with E-state index >= 15 is 4.79 Å². The van der Waals surface area contributed by atoms with Gasteiger partial charge in [0.1, 0.15) is 36.1 Å². The monoisotopic (exact) mass is 875 g/mol. The quantitative estimate of drug-likeness (QED) is 0.0444. The second-order valence-corrected chi connectivity index (χ2v) is 16.6. The molecule has 4 aromatic rings. The maximum Gasteiger partial charge on any atom is 0.417 e. The second-order valence-electron chi connectivity index (χ2n) is 16.6. The predicted octanol–water partition coefficient (Wildman–Crippen LogP) is 9.28. The molecule has 1 fully saturated rings. The Morgan fingerprint density at radius 1 is 0.922 bits per heavy atom. The number of carbonyl (C=O) groups is 2. The number of nitrogens with zero attached hydrogens (tertiary/aromatic N) is 2. The summed E-state index contributed by atoms with van der Waals surface area (Å²) in [4.78, 5) is 36.2. The molecule has 2 aliphatic carbocycles. The normalized spacial score (nSPS) is 22.6. The number of aliphatic hydroxyl groups is 2. The number of aliphatic hydroxyl groups excluding tert-OH is 2. The molecular weight excluding hydrogens is 815 g/mol. The Labute approximate surface area is 375 Å². The smallest absolute Gasteiger partial charge is 0.417 e. The Hall–Kier alpha value is -5.89. The molecule has 0 bridgehead atoms. The van der Waals surface area contributed by atoms with Gasteiger partial charge in [-0.05, 0) is 103 Å². The largest absolute Gasteiger partial charge is 0.497 e. The fraction of sp³-hybridized carbons (Fsp3) is 0.431. The highest BCUT2D eigenvalue weighted by Crippen LogP contribution is 2.62. The molecule has 4 aromatic carbocycles. The van der Waals surface area contributed by atoms with Crippen LogP contribution in [0, 0.1) is 17.8 Å². The summed E-state index contributed by atoms with van der Waals surface area (Å²) in [5, 5.41) is 29.3. The van der Waals surface area contributed by atoms with Crippen molar-refractivity contribution in [3.8, 4) is 23.0 Å². The molecule has 6 unspecified atom stereocenters. The Bertz CT molecular complexity index is 2350. The Kier molecular flexibility index (Phi) is 15.3. The lowest BCUT2D eigenvalue weighted by Crippen LogP contribution is -2.70. The first-order valence-electron chi connectivity index (χ1n) is 22.4. The molecule has 0 radical (unpaired) electrons. The van der Waals surface area contributed by atoms with Crippen molar-refractivity contribution in [2.75, 3.05) is 53.0 Å². The van der Waals surface area contributed by atoms with Crippen molar-refractivity contribution in [3.63, 3.8) is 0 Å². The van der Waals surface area contributed by atoms with Crippen molar-refractivity contribution in [2.24, 2.45) is 22.9 Å². The highest BCUT2D eigenvalue weighted by Gasteiger charge is 2.65. The molecular formula is C51H61N3O10. The van der Waals surface area contributed by atoms with E-state index in [9.17, 15) is 15.0 Å². The van der Waals surface area contributed by atoms with Crippen molar-refractivity contribution in [1.29, 1.82) is 0 Å². The number of hydrogen-bond acceptors (Lipinski definition) is 11. The van der Waals surface area contributed by atoms with Gasteiger partial charge >= 0.3 is 6.09 Å². The van der Waals surface area contributed by atoms with Gasteiger partial charge in [-0.2, -0.15) is 0 Å². The molecule has 3 aliphatic rings. The van der Waals surface area contributed by atoms with E-state index in [0.717, 1.165) is 47.6 Å². The summed E-state index contributed by atoms with van der Waals surface area (Å²) in [6.45, 7) is 6.77. The number of oxime groups is 1. The lowest BCUT2D eigenvalue weighted by Gasteiger charge is -2.60. The molecule has 3 N–H and O–H groups in total. The lowest BCUT2D eigenvalue weighted by molar-refractivity contribution is -0.254. The molecule has 7 rings (SSSR count). The number of methoxy groups -OCH3 is 2. The van der Waals surface area contributed by atoms with Gasteiger partial charge in [0, 0.05) is 49.3 Å². The summed E-state index contributed by atoms with van der Waals surface area (Å²) in [5.41, 5.74) is 3.38. The molecule has 13 heteroatoms. The maximum atomic E-state index is 15.1. The minimum Gasteiger partial charge on any atom is -0.497 e. The van der Waals surface area contributed by atoms with Crippen LogP contribution in [0.4, 0.5) is 10.5 Å². The third-order valence-corrected chi connectivity index (χ3v) is 12.8. The Balaban J connectivity index is 1.38. The number of allylic oxidation sites excluding steroid dienone is 1. The van der Waals surface area contributed by atoms with Gasteiger partial charge in [0.05, 0.1) is 38.1 Å². The second kappa shape index (κ2) is 21.2. The average molecular weight is 876 g/mol. The number of anilines is 1. The van der Waals surface area contributed by atoms with Crippen LogP contribution in [0.2, 0.25) is 0 Å². The molecule has 0 saturated heterocycles. The SMILES string of the molecule is C=CCOC12Oc3ccc(OC(=O)Nc4ccc(OC)cc4OC)cc3C3C(CCCCO)C(CCCCO)C=C(C(=NOC)CC1N(CCC)C(=O)c1ccc4ccccc4c1)C32. The molecule has 1 heterocycles. The fourth-order valence-electron chi connectivity index (χ4n) is 10.1. The molecule has 6 atom stereocenters. The number of unbranched alkanes of at least 4 members (excludes halogenated alkanes) is 2. The molecule has 64 heavy (non-hydrogen) atoms. The van der Waals surface area contributed by atoms with Crippen LogP contribution in [0.25, 0.3) is 10.8 Å². The number of amides is 2. The zero-order chi connectivity index (χ0) is 45.2. The summed E-state index contributed by atoms with van der Waals surface area (Å²) < 4.78 is 31.3. The first-order valence-corrected chi connectivity index (χ1v) is 22.4. The number of benzene rings is 4. The fourth-order valence-corrected chi connectivity index (χ4v) is 10.1. The molecule has 2 amide bonds. The summed E-state index contributed by atoms with van der Waals surface area (Å²) in [7, 11) is 4.59. The van der Waals surface area contributed by atoms with E-state index in [1.807, 2.05) is 66.4 Å². The number of nitrogens with one attached hydrogen (secondary N) is 1. The van der Waals surface area contributed by atoms with Crippen LogP contribution in [0.5, 0.6) is 23.0 Å². The number of hydrogen-bond donors (Lipinski definition) is 3. The Morgan fingerprint density at radius 3 is 2.41 bits per heavy atom. The van der Waals surface area contributed by atoms with E-state index in [-0.39, 0.29) is 49.9 Å². The topological polar surface area (TPSA) is 158 Å². The number of ether oxygens (including phenoxy) is 5. The van der Waals surface area contributed by atoms with Crippen LogP contribution < -0.4 is 24.3 Å². The summed E-state index contributed by atoms with van der Waals surface area (Å²) in [6, 6.07) is 23.5. The molecule has 13 nitrogen and oxygen atoms in total. The van der Waals surface area contributed by atoms with Gasteiger partial charge < -0.3 is 43.6 Å². The highest BCUT2D eigenvalue weighted by molar-refractivity contribution is 6.04. The van der Waals surface area contributed by atoms with Gasteiger partial charge in [-0.3, -0.25) is 10.1 Å². The Morgan fingerprint density at radius 2 is 1.69 bits per heavy atom. The van der Waals surface area contributed by atoms with Crippen molar-refractivity contribution in [2.45, 2.75) is 76.0 Å². The van der Waals surface area contributed by atoms with E-state index in [1.54, 1.807) is 37.5 Å². The highest BCUT2D eigenvalue weighted by atomic mass is 16.7. The molecule has 1 aliphatic heterocycles. The zero-order valence-corrected chi connectivity index (χ0v) is 37.3. The van der Waals surface area contributed by atoms with E-state index < -0.39 is 23.8 Å². The molecule has 0 aromatic heterocycles. The van der Waals surface area contributed by atoms with Crippen LogP contribution >= 0.6 is 0 Å².